The van der Waals surface area contributed by atoms with Gasteiger partial charge in [-0.25, -0.2) is 0 Å². The molecule has 1 aliphatic carbocycles. The van der Waals surface area contributed by atoms with Gasteiger partial charge in [-0.3, -0.25) is 11.3 Å². The number of nitrogens with zero attached hydrogens (tertiary/aromatic N) is 2. The highest BCUT2D eigenvalue weighted by molar-refractivity contribution is 7.05. The van der Waals surface area contributed by atoms with Crippen molar-refractivity contribution in [1.82, 2.24) is 15.0 Å². The van der Waals surface area contributed by atoms with E-state index >= 15 is 0 Å². The molecular formula is C12H22N4S. The molecule has 1 aromatic heterocycles. The highest BCUT2D eigenvalue weighted by Gasteiger charge is 2.29. The number of rotatable bonds is 4. The van der Waals surface area contributed by atoms with Gasteiger partial charge in [-0.2, -0.15) is 0 Å². The molecule has 1 atom stereocenters. The predicted octanol–water partition coefficient (Wildman–Crippen LogP) is 2.43. The molecule has 17 heavy (non-hydrogen) atoms. The summed E-state index contributed by atoms with van der Waals surface area (Å²) in [5.41, 5.74) is 4.10. The Balaban J connectivity index is 2.10. The van der Waals surface area contributed by atoms with Gasteiger partial charge >= 0.3 is 0 Å². The van der Waals surface area contributed by atoms with Crippen LogP contribution in [-0.2, 0) is 6.42 Å². The zero-order chi connectivity index (χ0) is 12.3. The minimum absolute atomic E-state index is 0.248. The molecule has 0 radical (unpaired) electrons. The van der Waals surface area contributed by atoms with E-state index in [0.717, 1.165) is 18.0 Å². The summed E-state index contributed by atoms with van der Waals surface area (Å²) in [7, 11) is 0. The van der Waals surface area contributed by atoms with Crippen LogP contribution in [0.4, 0.5) is 0 Å². The lowest BCUT2D eigenvalue weighted by Crippen LogP contribution is -2.35. The largest absolute Gasteiger partial charge is 0.271 e. The second-order valence-corrected chi connectivity index (χ2v) is 5.89. The predicted molar refractivity (Wildman–Crippen MR) is 70.5 cm³/mol. The van der Waals surface area contributed by atoms with Crippen molar-refractivity contribution in [2.24, 2.45) is 17.7 Å². The zero-order valence-electron chi connectivity index (χ0n) is 10.6. The number of aromatic nitrogens is 2. The quantitative estimate of drug-likeness (QED) is 0.640. The van der Waals surface area contributed by atoms with E-state index in [-0.39, 0.29) is 6.04 Å². The smallest absolute Gasteiger partial charge is 0.0801 e. The van der Waals surface area contributed by atoms with Crippen LogP contribution < -0.4 is 11.3 Å². The summed E-state index contributed by atoms with van der Waals surface area (Å²) in [4.78, 5) is 1.24. The van der Waals surface area contributed by atoms with E-state index in [1.807, 2.05) is 0 Å². The lowest BCUT2D eigenvalue weighted by molar-refractivity contribution is 0.234. The van der Waals surface area contributed by atoms with Gasteiger partial charge in [0.15, 0.2) is 0 Å². The summed E-state index contributed by atoms with van der Waals surface area (Å²) < 4.78 is 4.07. The van der Waals surface area contributed by atoms with E-state index in [0.29, 0.717) is 5.92 Å². The van der Waals surface area contributed by atoms with Gasteiger partial charge in [-0.05, 0) is 42.6 Å². The molecule has 0 spiro atoms. The van der Waals surface area contributed by atoms with Gasteiger partial charge in [0.25, 0.3) is 0 Å². The third-order valence-electron chi connectivity index (χ3n) is 3.91. The summed E-state index contributed by atoms with van der Waals surface area (Å²) >= 11 is 1.50. The van der Waals surface area contributed by atoms with Crippen molar-refractivity contribution in [3.05, 3.63) is 10.6 Å². The van der Waals surface area contributed by atoms with Gasteiger partial charge in [0.2, 0.25) is 0 Å². The second-order valence-electron chi connectivity index (χ2n) is 5.10. The molecule has 1 aromatic rings. The summed E-state index contributed by atoms with van der Waals surface area (Å²) in [5.74, 6) is 7.27. The van der Waals surface area contributed by atoms with E-state index in [9.17, 15) is 0 Å². The normalized spacial score (nSPS) is 27.0. The molecule has 0 aromatic carbocycles. The van der Waals surface area contributed by atoms with Crippen molar-refractivity contribution in [2.75, 3.05) is 0 Å². The van der Waals surface area contributed by atoms with Gasteiger partial charge in [-0.15, -0.1) is 5.10 Å². The average Bonchev–Trinajstić information content (AvgIpc) is 2.81. The minimum Gasteiger partial charge on any atom is -0.271 e. The maximum Gasteiger partial charge on any atom is 0.0801 e. The Hall–Kier alpha value is -0.520. The SMILES string of the molecule is CCc1nnsc1C(NN)C1CCC(C)CC1. The van der Waals surface area contributed by atoms with Gasteiger partial charge in [0.05, 0.1) is 16.6 Å². The molecular weight excluding hydrogens is 232 g/mol. The van der Waals surface area contributed by atoms with Crippen LogP contribution in [0.2, 0.25) is 0 Å². The molecule has 0 amide bonds. The molecule has 1 unspecified atom stereocenters. The monoisotopic (exact) mass is 254 g/mol. The highest BCUT2D eigenvalue weighted by atomic mass is 32.1. The Morgan fingerprint density at radius 1 is 1.41 bits per heavy atom. The van der Waals surface area contributed by atoms with Gasteiger partial charge < -0.3 is 0 Å². The first-order chi connectivity index (χ1) is 8.26. The van der Waals surface area contributed by atoms with Crippen LogP contribution in [0.3, 0.4) is 0 Å². The van der Waals surface area contributed by atoms with Crippen molar-refractivity contribution >= 4 is 11.5 Å². The fraction of sp³-hybridized carbons (Fsp3) is 0.833. The Morgan fingerprint density at radius 2 is 2.12 bits per heavy atom. The van der Waals surface area contributed by atoms with Crippen LogP contribution in [-0.4, -0.2) is 9.59 Å². The van der Waals surface area contributed by atoms with Crippen molar-refractivity contribution in [3.8, 4) is 0 Å². The number of hydrogen-bond donors (Lipinski definition) is 2. The maximum absolute atomic E-state index is 5.75. The Morgan fingerprint density at radius 3 is 2.71 bits per heavy atom. The zero-order valence-corrected chi connectivity index (χ0v) is 11.5. The van der Waals surface area contributed by atoms with E-state index in [1.54, 1.807) is 0 Å². The molecule has 1 fully saturated rings. The van der Waals surface area contributed by atoms with E-state index < -0.39 is 0 Å². The minimum atomic E-state index is 0.248. The molecule has 1 aliphatic rings. The van der Waals surface area contributed by atoms with Crippen molar-refractivity contribution in [2.45, 2.75) is 52.0 Å². The molecule has 0 saturated heterocycles. The van der Waals surface area contributed by atoms with Crippen LogP contribution in [0.15, 0.2) is 0 Å². The number of nitrogens with one attached hydrogen (secondary N) is 1. The fourth-order valence-corrected chi connectivity index (χ4v) is 3.63. The fourth-order valence-electron chi connectivity index (χ4n) is 2.74. The van der Waals surface area contributed by atoms with Crippen LogP contribution >= 0.6 is 11.5 Å². The van der Waals surface area contributed by atoms with E-state index in [1.165, 1.54) is 42.1 Å². The Labute approximate surface area is 107 Å². The van der Waals surface area contributed by atoms with Gasteiger partial charge in [0.1, 0.15) is 0 Å². The number of hydrogen-bond acceptors (Lipinski definition) is 5. The molecule has 5 heteroatoms. The van der Waals surface area contributed by atoms with Crippen LogP contribution in [0.1, 0.15) is 56.1 Å². The molecule has 0 bridgehead atoms. The lowest BCUT2D eigenvalue weighted by Gasteiger charge is -2.31. The molecule has 1 saturated carbocycles. The van der Waals surface area contributed by atoms with Crippen molar-refractivity contribution in [1.29, 1.82) is 0 Å². The van der Waals surface area contributed by atoms with Crippen molar-refractivity contribution < 1.29 is 0 Å². The maximum atomic E-state index is 5.75. The van der Waals surface area contributed by atoms with E-state index in [2.05, 4.69) is 28.9 Å². The molecule has 1 heterocycles. The molecule has 4 nitrogen and oxygen atoms in total. The number of hydrazine groups is 1. The second kappa shape index (κ2) is 5.89. The summed E-state index contributed by atoms with van der Waals surface area (Å²) in [6.45, 7) is 4.46. The topological polar surface area (TPSA) is 63.8 Å². The van der Waals surface area contributed by atoms with Crippen LogP contribution in [0.25, 0.3) is 0 Å². The first kappa shape index (κ1) is 12.9. The molecule has 96 valence electrons. The Kier molecular flexibility index (Phi) is 4.48. The van der Waals surface area contributed by atoms with Crippen LogP contribution in [0.5, 0.6) is 0 Å². The van der Waals surface area contributed by atoms with Gasteiger partial charge in [0, 0.05) is 0 Å². The van der Waals surface area contributed by atoms with Gasteiger partial charge in [-0.1, -0.05) is 31.2 Å². The lowest BCUT2D eigenvalue weighted by atomic mass is 9.79. The Bertz CT molecular complexity index is 344. The highest BCUT2D eigenvalue weighted by Crippen LogP contribution is 2.38. The summed E-state index contributed by atoms with van der Waals surface area (Å²) in [6.07, 6.45) is 6.09. The standard InChI is InChI=1S/C12H22N4S/c1-3-10-12(17-16-15-10)11(14-13)9-6-4-8(2)5-7-9/h8-9,11,14H,3-7,13H2,1-2H3. The molecule has 0 aliphatic heterocycles. The molecule has 3 N–H and O–H groups in total. The number of nitrogens with two attached hydrogens (primary N) is 1. The van der Waals surface area contributed by atoms with Crippen molar-refractivity contribution in [3.63, 3.8) is 0 Å². The third kappa shape index (κ3) is 2.84. The third-order valence-corrected chi connectivity index (χ3v) is 4.76. The first-order valence-corrected chi connectivity index (χ1v) is 7.30. The van der Waals surface area contributed by atoms with Crippen LogP contribution in [0, 0.1) is 11.8 Å². The summed E-state index contributed by atoms with van der Waals surface area (Å²) in [6, 6.07) is 0.248. The summed E-state index contributed by atoms with van der Waals surface area (Å²) in [5, 5.41) is 4.19. The number of aryl methyl sites for hydroxylation is 1. The molecule has 2 rings (SSSR count). The average molecular weight is 254 g/mol. The van der Waals surface area contributed by atoms with E-state index in [4.69, 9.17) is 5.84 Å². The first-order valence-electron chi connectivity index (χ1n) is 6.53.